The van der Waals surface area contributed by atoms with Crippen molar-refractivity contribution in [2.45, 2.75) is 19.4 Å². The summed E-state index contributed by atoms with van der Waals surface area (Å²) in [5, 5.41) is 13.3. The number of nitro benzene ring substituents is 1. The number of nitrogens with one attached hydrogen (secondary N) is 1. The Hall–Kier alpha value is -3.16. The van der Waals surface area contributed by atoms with Crippen molar-refractivity contribution in [1.82, 2.24) is 5.32 Å². The Balaban J connectivity index is 1.80. The Morgan fingerprint density at radius 2 is 2.12 bits per heavy atom. The standard InChI is InChI=1S/C16H16N2O6/c1-11(12-4-2-5-13(10-12)18(21)22)24-15(19)7-8-17-16(20)14-6-3-9-23-14/h2-6,9-11H,7-8H2,1H3,(H,17,20)/t11-/m1/s1. The fourth-order valence-corrected chi connectivity index (χ4v) is 1.99. The van der Waals surface area contributed by atoms with Crippen LogP contribution in [0.3, 0.4) is 0 Å². The van der Waals surface area contributed by atoms with Crippen LogP contribution in [0.2, 0.25) is 0 Å². The van der Waals surface area contributed by atoms with Gasteiger partial charge in [0.2, 0.25) is 0 Å². The second kappa shape index (κ2) is 7.91. The van der Waals surface area contributed by atoms with Gasteiger partial charge in [0.1, 0.15) is 6.10 Å². The summed E-state index contributed by atoms with van der Waals surface area (Å²) in [6.07, 6.45) is 0.730. The number of carbonyl (C=O) groups is 2. The van der Waals surface area contributed by atoms with E-state index in [0.717, 1.165) is 0 Å². The van der Waals surface area contributed by atoms with Crippen LogP contribution < -0.4 is 5.32 Å². The van der Waals surface area contributed by atoms with Crippen LogP contribution in [0.4, 0.5) is 5.69 Å². The van der Waals surface area contributed by atoms with Gasteiger partial charge < -0.3 is 14.5 Å². The normalized spacial score (nSPS) is 11.5. The van der Waals surface area contributed by atoms with Crippen molar-refractivity contribution in [2.75, 3.05) is 6.54 Å². The first kappa shape index (κ1) is 17.2. The molecule has 2 rings (SSSR count). The molecular formula is C16H16N2O6. The molecule has 0 radical (unpaired) electrons. The third kappa shape index (κ3) is 4.67. The van der Waals surface area contributed by atoms with Gasteiger partial charge in [-0.2, -0.15) is 0 Å². The Kier molecular flexibility index (Phi) is 5.67. The molecule has 1 heterocycles. The highest BCUT2D eigenvalue weighted by molar-refractivity contribution is 5.91. The summed E-state index contributed by atoms with van der Waals surface area (Å²) < 4.78 is 10.1. The molecule has 1 amide bonds. The van der Waals surface area contributed by atoms with Gasteiger partial charge >= 0.3 is 5.97 Å². The van der Waals surface area contributed by atoms with Gasteiger partial charge in [-0.25, -0.2) is 0 Å². The first-order chi connectivity index (χ1) is 11.5. The van der Waals surface area contributed by atoms with E-state index in [1.807, 2.05) is 0 Å². The van der Waals surface area contributed by atoms with Crippen LogP contribution in [-0.2, 0) is 9.53 Å². The molecule has 0 bridgehead atoms. The molecule has 0 aliphatic rings. The minimum atomic E-state index is -0.627. The second-order valence-corrected chi connectivity index (χ2v) is 4.97. The maximum Gasteiger partial charge on any atom is 0.308 e. The van der Waals surface area contributed by atoms with E-state index in [1.165, 1.54) is 30.5 Å². The molecule has 1 aromatic carbocycles. The summed E-state index contributed by atoms with van der Waals surface area (Å²) in [6.45, 7) is 1.72. The minimum absolute atomic E-state index is 0.0221. The number of carbonyl (C=O) groups excluding carboxylic acids is 2. The number of amides is 1. The second-order valence-electron chi connectivity index (χ2n) is 4.97. The molecule has 0 spiro atoms. The number of hydrogen-bond acceptors (Lipinski definition) is 6. The third-order valence-electron chi connectivity index (χ3n) is 3.22. The summed E-state index contributed by atoms with van der Waals surface area (Å²) in [7, 11) is 0. The Labute approximate surface area is 137 Å². The molecule has 1 N–H and O–H groups in total. The SMILES string of the molecule is C[C@@H](OC(=O)CCNC(=O)c1ccco1)c1cccc([N+](=O)[O-])c1. The van der Waals surface area contributed by atoms with Gasteiger partial charge in [0.25, 0.3) is 11.6 Å². The highest BCUT2D eigenvalue weighted by Gasteiger charge is 2.15. The number of rotatable bonds is 7. The molecule has 0 unspecified atom stereocenters. The number of furan rings is 1. The zero-order valence-electron chi connectivity index (χ0n) is 12.9. The lowest BCUT2D eigenvalue weighted by molar-refractivity contribution is -0.385. The number of benzene rings is 1. The van der Waals surface area contributed by atoms with Crippen LogP contribution >= 0.6 is 0 Å². The maximum absolute atomic E-state index is 11.8. The lowest BCUT2D eigenvalue weighted by Crippen LogP contribution is -2.26. The van der Waals surface area contributed by atoms with E-state index in [9.17, 15) is 19.7 Å². The van der Waals surface area contributed by atoms with Crippen LogP contribution in [-0.4, -0.2) is 23.3 Å². The number of hydrogen-bond donors (Lipinski definition) is 1. The highest BCUT2D eigenvalue weighted by Crippen LogP contribution is 2.21. The summed E-state index contributed by atoms with van der Waals surface area (Å²) in [5.74, 6) is -0.776. The molecule has 1 atom stereocenters. The van der Waals surface area contributed by atoms with Gasteiger partial charge in [-0.05, 0) is 24.6 Å². The number of nitrogens with zero attached hydrogens (tertiary/aromatic N) is 1. The molecule has 1 aromatic heterocycles. The van der Waals surface area contributed by atoms with Gasteiger partial charge in [-0.15, -0.1) is 0 Å². The number of esters is 1. The van der Waals surface area contributed by atoms with Crippen molar-refractivity contribution in [1.29, 1.82) is 0 Å². The number of nitro groups is 1. The van der Waals surface area contributed by atoms with E-state index in [1.54, 1.807) is 19.1 Å². The zero-order chi connectivity index (χ0) is 17.5. The van der Waals surface area contributed by atoms with E-state index >= 15 is 0 Å². The number of non-ortho nitro benzene ring substituents is 1. The van der Waals surface area contributed by atoms with Gasteiger partial charge in [0.05, 0.1) is 17.6 Å². The summed E-state index contributed by atoms with van der Waals surface area (Å²) in [5.41, 5.74) is 0.457. The fraction of sp³-hybridized carbons (Fsp3) is 0.250. The quantitative estimate of drug-likeness (QED) is 0.474. The van der Waals surface area contributed by atoms with Crippen molar-refractivity contribution in [3.05, 3.63) is 64.1 Å². The zero-order valence-corrected chi connectivity index (χ0v) is 12.9. The maximum atomic E-state index is 11.8. The van der Waals surface area contributed by atoms with E-state index in [0.29, 0.717) is 5.56 Å². The van der Waals surface area contributed by atoms with E-state index in [4.69, 9.17) is 9.15 Å². The fourth-order valence-electron chi connectivity index (χ4n) is 1.99. The van der Waals surface area contributed by atoms with Crippen molar-refractivity contribution in [3.8, 4) is 0 Å². The lowest BCUT2D eigenvalue weighted by atomic mass is 10.1. The van der Waals surface area contributed by atoms with Crippen LogP contribution in [0, 0.1) is 10.1 Å². The van der Waals surface area contributed by atoms with Crippen molar-refractivity contribution in [2.24, 2.45) is 0 Å². The smallest absolute Gasteiger partial charge is 0.308 e. The largest absolute Gasteiger partial charge is 0.459 e. The van der Waals surface area contributed by atoms with Gasteiger partial charge in [0, 0.05) is 18.7 Å². The van der Waals surface area contributed by atoms with Crippen LogP contribution in [0.5, 0.6) is 0 Å². The molecule has 0 aliphatic carbocycles. The van der Waals surface area contributed by atoms with Crippen LogP contribution in [0.1, 0.15) is 35.6 Å². The molecular weight excluding hydrogens is 316 g/mol. The van der Waals surface area contributed by atoms with Crippen molar-refractivity contribution >= 4 is 17.6 Å². The highest BCUT2D eigenvalue weighted by atomic mass is 16.6. The van der Waals surface area contributed by atoms with Crippen molar-refractivity contribution < 1.29 is 23.7 Å². The van der Waals surface area contributed by atoms with Crippen LogP contribution in [0.15, 0.2) is 47.1 Å². The average Bonchev–Trinajstić information content (AvgIpc) is 3.09. The Bertz CT molecular complexity index is 726. The molecule has 126 valence electrons. The van der Waals surface area contributed by atoms with Crippen molar-refractivity contribution in [3.63, 3.8) is 0 Å². The summed E-state index contributed by atoms with van der Waals surface area (Å²) in [6, 6.07) is 8.99. The molecule has 8 nitrogen and oxygen atoms in total. The first-order valence-corrected chi connectivity index (χ1v) is 7.23. The van der Waals surface area contributed by atoms with E-state index in [2.05, 4.69) is 5.32 Å². The summed E-state index contributed by atoms with van der Waals surface area (Å²) >= 11 is 0. The van der Waals surface area contributed by atoms with Gasteiger partial charge in [0.15, 0.2) is 5.76 Å². The molecule has 8 heteroatoms. The lowest BCUT2D eigenvalue weighted by Gasteiger charge is -2.13. The predicted octanol–water partition coefficient (Wildman–Crippen LogP) is 2.61. The minimum Gasteiger partial charge on any atom is -0.459 e. The first-order valence-electron chi connectivity index (χ1n) is 7.23. The predicted molar refractivity (Wildman–Crippen MR) is 83.3 cm³/mol. The molecule has 0 saturated carbocycles. The monoisotopic (exact) mass is 332 g/mol. The van der Waals surface area contributed by atoms with Gasteiger partial charge in [-0.3, -0.25) is 19.7 Å². The van der Waals surface area contributed by atoms with E-state index in [-0.39, 0.29) is 24.4 Å². The van der Waals surface area contributed by atoms with Crippen LogP contribution in [0.25, 0.3) is 0 Å². The molecule has 0 aliphatic heterocycles. The third-order valence-corrected chi connectivity index (χ3v) is 3.22. The molecule has 0 saturated heterocycles. The molecule has 2 aromatic rings. The average molecular weight is 332 g/mol. The number of ether oxygens (including phenoxy) is 1. The Morgan fingerprint density at radius 1 is 1.33 bits per heavy atom. The molecule has 24 heavy (non-hydrogen) atoms. The van der Waals surface area contributed by atoms with E-state index < -0.39 is 22.9 Å². The topological polar surface area (TPSA) is 112 Å². The van der Waals surface area contributed by atoms with Gasteiger partial charge in [-0.1, -0.05) is 12.1 Å². The summed E-state index contributed by atoms with van der Waals surface area (Å²) in [4.78, 5) is 33.6. The Morgan fingerprint density at radius 3 is 2.79 bits per heavy atom. The molecule has 0 fully saturated rings.